The van der Waals surface area contributed by atoms with Crippen LogP contribution in [-0.2, 0) is 0 Å². The Balaban J connectivity index is 1.78. The molecule has 0 fully saturated rings. The molecule has 0 aliphatic heterocycles. The SMILES string of the molecule is O=[N+]([O-])CCCCC1=C(Br)C2C=CC1C2. The van der Waals surface area contributed by atoms with E-state index in [1.165, 1.54) is 16.5 Å². The molecule has 0 N–H and O–H groups in total. The average Bonchev–Trinajstić information content (AvgIpc) is 2.74. The standard InChI is InChI=1S/C11H14BrNO2/c12-11-9-5-4-8(7-9)10(11)3-1-2-6-13(14)15/h4-5,8-9H,1-3,6-7H2. The third-order valence-electron chi connectivity index (χ3n) is 3.20. The Morgan fingerprint density at radius 2 is 2.13 bits per heavy atom. The number of hydrogen-bond acceptors (Lipinski definition) is 2. The second kappa shape index (κ2) is 4.47. The summed E-state index contributed by atoms with van der Waals surface area (Å²) in [5.74, 6) is 1.21. The summed E-state index contributed by atoms with van der Waals surface area (Å²) in [5.41, 5.74) is 1.48. The van der Waals surface area contributed by atoms with Crippen LogP contribution in [0.25, 0.3) is 0 Å². The molecule has 15 heavy (non-hydrogen) atoms. The first-order chi connectivity index (χ1) is 7.18. The van der Waals surface area contributed by atoms with E-state index in [4.69, 9.17) is 0 Å². The lowest BCUT2D eigenvalue weighted by molar-refractivity contribution is -0.480. The largest absolute Gasteiger partial charge is 0.265 e. The summed E-state index contributed by atoms with van der Waals surface area (Å²) in [6.45, 7) is 0.106. The average molecular weight is 272 g/mol. The third kappa shape index (κ3) is 2.30. The summed E-state index contributed by atoms with van der Waals surface area (Å²) in [4.78, 5) is 9.93. The van der Waals surface area contributed by atoms with E-state index in [0.29, 0.717) is 18.3 Å². The van der Waals surface area contributed by atoms with Crippen LogP contribution in [0.5, 0.6) is 0 Å². The Labute approximate surface area is 97.5 Å². The van der Waals surface area contributed by atoms with Gasteiger partial charge in [0.15, 0.2) is 0 Å². The van der Waals surface area contributed by atoms with Crippen molar-refractivity contribution in [1.29, 1.82) is 0 Å². The Hall–Kier alpha value is -0.640. The molecule has 0 spiro atoms. The van der Waals surface area contributed by atoms with Crippen molar-refractivity contribution in [3.05, 3.63) is 32.3 Å². The van der Waals surface area contributed by atoms with Gasteiger partial charge in [-0.25, -0.2) is 0 Å². The van der Waals surface area contributed by atoms with E-state index < -0.39 is 0 Å². The Kier molecular flexibility index (Phi) is 3.24. The second-order valence-corrected chi connectivity index (χ2v) is 5.07. The lowest BCUT2D eigenvalue weighted by atomic mass is 9.98. The van der Waals surface area contributed by atoms with E-state index in [1.54, 1.807) is 0 Å². The number of rotatable bonds is 5. The maximum atomic E-state index is 10.2. The number of nitro groups is 1. The van der Waals surface area contributed by atoms with Gasteiger partial charge in [0.2, 0.25) is 6.54 Å². The van der Waals surface area contributed by atoms with Crippen molar-refractivity contribution in [2.45, 2.75) is 25.7 Å². The molecule has 2 rings (SSSR count). The molecule has 4 heteroatoms. The number of hydrogen-bond donors (Lipinski definition) is 0. The topological polar surface area (TPSA) is 43.1 Å². The number of fused-ring (bicyclic) bond motifs is 2. The van der Waals surface area contributed by atoms with Gasteiger partial charge in [-0.05, 0) is 25.2 Å². The number of allylic oxidation sites excluding steroid dienone is 4. The van der Waals surface area contributed by atoms with Crippen LogP contribution in [0, 0.1) is 22.0 Å². The Bertz CT molecular complexity index is 335. The van der Waals surface area contributed by atoms with Crippen LogP contribution in [0.2, 0.25) is 0 Å². The fourth-order valence-electron chi connectivity index (χ4n) is 2.42. The molecule has 0 aromatic rings. The fraction of sp³-hybridized carbons (Fsp3) is 0.636. The van der Waals surface area contributed by atoms with E-state index in [1.807, 2.05) is 0 Å². The summed E-state index contributed by atoms with van der Waals surface area (Å²) in [7, 11) is 0. The Morgan fingerprint density at radius 3 is 2.73 bits per heavy atom. The third-order valence-corrected chi connectivity index (χ3v) is 4.30. The molecule has 2 aliphatic carbocycles. The highest BCUT2D eigenvalue weighted by atomic mass is 79.9. The highest BCUT2D eigenvalue weighted by Gasteiger charge is 2.33. The minimum Gasteiger partial charge on any atom is -0.265 e. The molecule has 0 radical (unpaired) electrons. The molecule has 2 bridgehead atoms. The molecule has 0 amide bonds. The predicted octanol–water partition coefficient (Wildman–Crippen LogP) is 3.29. The van der Waals surface area contributed by atoms with Crippen molar-refractivity contribution < 1.29 is 4.92 Å². The number of unbranched alkanes of at least 4 members (excludes halogenated alkanes) is 1. The maximum Gasteiger partial charge on any atom is 0.203 e. The van der Waals surface area contributed by atoms with Crippen LogP contribution >= 0.6 is 15.9 Å². The van der Waals surface area contributed by atoms with Crippen LogP contribution in [0.1, 0.15) is 25.7 Å². The number of halogens is 1. The predicted molar refractivity (Wildman–Crippen MR) is 62.4 cm³/mol. The van der Waals surface area contributed by atoms with Gasteiger partial charge in [-0.15, -0.1) is 0 Å². The molecule has 2 aliphatic rings. The lowest BCUT2D eigenvalue weighted by Crippen LogP contribution is -2.01. The molecular formula is C11H14BrNO2. The van der Waals surface area contributed by atoms with Gasteiger partial charge in [-0.2, -0.15) is 0 Å². The zero-order valence-corrected chi connectivity index (χ0v) is 10.1. The van der Waals surface area contributed by atoms with Crippen molar-refractivity contribution in [3.63, 3.8) is 0 Å². The van der Waals surface area contributed by atoms with Gasteiger partial charge in [-0.3, -0.25) is 10.1 Å². The smallest absolute Gasteiger partial charge is 0.203 e. The van der Waals surface area contributed by atoms with E-state index in [9.17, 15) is 10.1 Å². The van der Waals surface area contributed by atoms with Crippen molar-refractivity contribution >= 4 is 15.9 Å². The van der Waals surface area contributed by atoms with Crippen molar-refractivity contribution in [2.75, 3.05) is 6.54 Å². The molecule has 3 nitrogen and oxygen atoms in total. The fourth-order valence-corrected chi connectivity index (χ4v) is 3.25. The quantitative estimate of drug-likeness (QED) is 0.333. The second-order valence-electron chi connectivity index (χ2n) is 4.22. The molecular weight excluding hydrogens is 258 g/mol. The van der Waals surface area contributed by atoms with Gasteiger partial charge in [-0.1, -0.05) is 33.7 Å². The first-order valence-electron chi connectivity index (χ1n) is 5.37. The van der Waals surface area contributed by atoms with E-state index in [0.717, 1.165) is 12.8 Å². The molecule has 0 saturated carbocycles. The summed E-state index contributed by atoms with van der Waals surface area (Å²) >= 11 is 3.64. The zero-order chi connectivity index (χ0) is 10.8. The monoisotopic (exact) mass is 271 g/mol. The van der Waals surface area contributed by atoms with Gasteiger partial charge in [0.05, 0.1) is 0 Å². The van der Waals surface area contributed by atoms with Crippen molar-refractivity contribution in [1.82, 2.24) is 0 Å². The Morgan fingerprint density at radius 1 is 1.40 bits per heavy atom. The first kappa shape index (κ1) is 10.9. The summed E-state index contributed by atoms with van der Waals surface area (Å²) in [5, 5.41) is 10.2. The minimum absolute atomic E-state index is 0.106. The highest BCUT2D eigenvalue weighted by Crippen LogP contribution is 2.47. The first-order valence-corrected chi connectivity index (χ1v) is 6.16. The summed E-state index contributed by atoms with van der Waals surface area (Å²) in [6.07, 6.45) is 8.39. The summed E-state index contributed by atoms with van der Waals surface area (Å²) in [6, 6.07) is 0. The summed E-state index contributed by atoms with van der Waals surface area (Å²) < 4.78 is 1.34. The van der Waals surface area contributed by atoms with Crippen LogP contribution < -0.4 is 0 Å². The van der Waals surface area contributed by atoms with Crippen LogP contribution in [0.3, 0.4) is 0 Å². The van der Waals surface area contributed by atoms with Crippen LogP contribution in [-0.4, -0.2) is 11.5 Å². The normalized spacial score (nSPS) is 27.8. The van der Waals surface area contributed by atoms with E-state index in [2.05, 4.69) is 28.1 Å². The zero-order valence-electron chi connectivity index (χ0n) is 8.49. The number of nitrogens with zero attached hydrogens (tertiary/aromatic N) is 1. The molecule has 0 saturated heterocycles. The van der Waals surface area contributed by atoms with Crippen molar-refractivity contribution in [2.24, 2.45) is 11.8 Å². The van der Waals surface area contributed by atoms with Crippen LogP contribution in [0.4, 0.5) is 0 Å². The van der Waals surface area contributed by atoms with Gasteiger partial charge >= 0.3 is 0 Å². The highest BCUT2D eigenvalue weighted by molar-refractivity contribution is 9.11. The molecule has 82 valence electrons. The molecule has 0 heterocycles. The maximum absolute atomic E-state index is 10.2. The van der Waals surface area contributed by atoms with E-state index >= 15 is 0 Å². The van der Waals surface area contributed by atoms with Gasteiger partial charge in [0.1, 0.15) is 0 Å². The minimum atomic E-state index is -0.232. The van der Waals surface area contributed by atoms with Crippen LogP contribution in [0.15, 0.2) is 22.2 Å². The van der Waals surface area contributed by atoms with E-state index in [-0.39, 0.29) is 11.5 Å². The molecule has 0 aromatic heterocycles. The van der Waals surface area contributed by atoms with Gasteiger partial charge in [0, 0.05) is 21.7 Å². The lowest BCUT2D eigenvalue weighted by Gasteiger charge is -2.11. The molecule has 2 atom stereocenters. The molecule has 0 aromatic carbocycles. The van der Waals surface area contributed by atoms with Gasteiger partial charge < -0.3 is 0 Å². The van der Waals surface area contributed by atoms with Gasteiger partial charge in [0.25, 0.3) is 0 Å². The van der Waals surface area contributed by atoms with Crippen molar-refractivity contribution in [3.8, 4) is 0 Å². The molecule has 2 unspecified atom stereocenters.